The van der Waals surface area contributed by atoms with Crippen molar-refractivity contribution in [1.82, 2.24) is 5.32 Å². The molecule has 0 radical (unpaired) electrons. The van der Waals surface area contributed by atoms with E-state index in [1.54, 1.807) is 12.1 Å². The first-order valence-electron chi connectivity index (χ1n) is 9.35. The standard InChI is InChI=1S/C25H21NO2/c27-24-17-21-12-5-4-11-20(21)16-23(24)25(28)26-15-14-19-10-6-7-13-22(19)18-8-2-1-3-9-18/h1-13,16-17,27H,14-15H2,(H,26,28). The summed E-state index contributed by atoms with van der Waals surface area (Å²) in [5, 5.41) is 15.0. The number of nitrogens with one attached hydrogen (secondary N) is 1. The van der Waals surface area contributed by atoms with E-state index in [9.17, 15) is 9.90 Å². The van der Waals surface area contributed by atoms with Crippen LogP contribution < -0.4 is 5.32 Å². The van der Waals surface area contributed by atoms with Crippen molar-refractivity contribution >= 4 is 16.7 Å². The van der Waals surface area contributed by atoms with Crippen LogP contribution in [0.5, 0.6) is 5.75 Å². The van der Waals surface area contributed by atoms with Gasteiger partial charge < -0.3 is 10.4 Å². The van der Waals surface area contributed by atoms with Gasteiger partial charge in [-0.05, 0) is 46.0 Å². The number of carbonyl (C=O) groups is 1. The van der Waals surface area contributed by atoms with E-state index in [2.05, 4.69) is 29.6 Å². The van der Waals surface area contributed by atoms with E-state index in [1.165, 1.54) is 11.1 Å². The van der Waals surface area contributed by atoms with Crippen LogP contribution in [0.1, 0.15) is 15.9 Å². The quantitative estimate of drug-likeness (QED) is 0.510. The van der Waals surface area contributed by atoms with E-state index in [-0.39, 0.29) is 11.7 Å². The third-order valence-corrected chi connectivity index (χ3v) is 4.89. The Morgan fingerprint density at radius 3 is 2.21 bits per heavy atom. The van der Waals surface area contributed by atoms with Gasteiger partial charge >= 0.3 is 0 Å². The van der Waals surface area contributed by atoms with Crippen LogP contribution in [0.3, 0.4) is 0 Å². The van der Waals surface area contributed by atoms with Gasteiger partial charge in [-0.3, -0.25) is 4.79 Å². The van der Waals surface area contributed by atoms with E-state index in [0.717, 1.165) is 16.3 Å². The smallest absolute Gasteiger partial charge is 0.255 e. The number of rotatable bonds is 5. The van der Waals surface area contributed by atoms with Crippen LogP contribution in [0.2, 0.25) is 0 Å². The maximum absolute atomic E-state index is 12.6. The lowest BCUT2D eigenvalue weighted by molar-refractivity contribution is 0.0951. The fourth-order valence-electron chi connectivity index (χ4n) is 3.45. The summed E-state index contributed by atoms with van der Waals surface area (Å²) in [4.78, 5) is 12.6. The maximum atomic E-state index is 12.6. The normalized spacial score (nSPS) is 10.7. The number of amides is 1. The summed E-state index contributed by atoms with van der Waals surface area (Å²) in [5.41, 5.74) is 3.81. The number of hydrogen-bond acceptors (Lipinski definition) is 2. The molecule has 0 aromatic heterocycles. The Morgan fingerprint density at radius 2 is 1.43 bits per heavy atom. The van der Waals surface area contributed by atoms with Gasteiger partial charge in [0.2, 0.25) is 0 Å². The van der Waals surface area contributed by atoms with Gasteiger partial charge in [-0.2, -0.15) is 0 Å². The predicted octanol–water partition coefficient (Wildman–Crippen LogP) is 5.18. The fourth-order valence-corrected chi connectivity index (χ4v) is 3.45. The second-order valence-electron chi connectivity index (χ2n) is 6.75. The molecule has 3 heteroatoms. The zero-order valence-electron chi connectivity index (χ0n) is 15.4. The molecule has 4 aromatic carbocycles. The maximum Gasteiger partial charge on any atom is 0.255 e. The van der Waals surface area contributed by atoms with Crippen molar-refractivity contribution in [1.29, 1.82) is 0 Å². The number of hydrogen-bond donors (Lipinski definition) is 2. The monoisotopic (exact) mass is 367 g/mol. The molecule has 0 aliphatic carbocycles. The molecule has 2 N–H and O–H groups in total. The highest BCUT2D eigenvalue weighted by molar-refractivity contribution is 6.01. The van der Waals surface area contributed by atoms with Crippen LogP contribution in [0.25, 0.3) is 21.9 Å². The van der Waals surface area contributed by atoms with E-state index in [0.29, 0.717) is 18.5 Å². The molecule has 4 rings (SSSR count). The molecular weight excluding hydrogens is 346 g/mol. The summed E-state index contributed by atoms with van der Waals surface area (Å²) in [6, 6.07) is 29.5. The number of phenolic OH excluding ortho intramolecular Hbond substituents is 1. The van der Waals surface area contributed by atoms with E-state index in [1.807, 2.05) is 54.6 Å². The topological polar surface area (TPSA) is 49.3 Å². The Hall–Kier alpha value is -3.59. The second-order valence-corrected chi connectivity index (χ2v) is 6.75. The van der Waals surface area contributed by atoms with Crippen LogP contribution in [-0.4, -0.2) is 17.6 Å². The van der Waals surface area contributed by atoms with Crippen molar-refractivity contribution in [2.45, 2.75) is 6.42 Å². The molecule has 0 heterocycles. The number of fused-ring (bicyclic) bond motifs is 1. The van der Waals surface area contributed by atoms with Crippen molar-refractivity contribution in [3.8, 4) is 16.9 Å². The first-order valence-corrected chi connectivity index (χ1v) is 9.35. The van der Waals surface area contributed by atoms with E-state index >= 15 is 0 Å². The van der Waals surface area contributed by atoms with Crippen molar-refractivity contribution in [3.05, 3.63) is 102 Å². The van der Waals surface area contributed by atoms with Gasteiger partial charge in [0.25, 0.3) is 5.91 Å². The molecule has 0 spiro atoms. The largest absolute Gasteiger partial charge is 0.507 e. The lowest BCUT2D eigenvalue weighted by atomic mass is 9.98. The first kappa shape index (κ1) is 17.8. The minimum absolute atomic E-state index is 0.000820. The lowest BCUT2D eigenvalue weighted by Gasteiger charge is -2.11. The van der Waals surface area contributed by atoms with Crippen molar-refractivity contribution in [2.75, 3.05) is 6.54 Å². The molecule has 0 unspecified atom stereocenters. The minimum atomic E-state index is -0.263. The van der Waals surface area contributed by atoms with Crippen molar-refractivity contribution in [2.24, 2.45) is 0 Å². The molecule has 3 nitrogen and oxygen atoms in total. The molecule has 4 aromatic rings. The van der Waals surface area contributed by atoms with Crippen molar-refractivity contribution in [3.63, 3.8) is 0 Å². The Bertz CT molecular complexity index is 1120. The molecule has 0 aliphatic rings. The van der Waals surface area contributed by atoms with E-state index < -0.39 is 0 Å². The average molecular weight is 367 g/mol. The molecule has 1 amide bonds. The lowest BCUT2D eigenvalue weighted by Crippen LogP contribution is -2.25. The fraction of sp³-hybridized carbons (Fsp3) is 0.0800. The zero-order chi connectivity index (χ0) is 19.3. The summed E-state index contributed by atoms with van der Waals surface area (Å²) in [7, 11) is 0. The Labute approximate surface area is 164 Å². The third kappa shape index (κ3) is 3.74. The van der Waals surface area contributed by atoms with Crippen LogP contribution in [0.15, 0.2) is 91.0 Å². The number of phenols is 1. The van der Waals surface area contributed by atoms with Crippen LogP contribution in [0, 0.1) is 0 Å². The van der Waals surface area contributed by atoms with Gasteiger partial charge in [0.15, 0.2) is 0 Å². The van der Waals surface area contributed by atoms with Gasteiger partial charge in [0, 0.05) is 6.54 Å². The molecule has 28 heavy (non-hydrogen) atoms. The minimum Gasteiger partial charge on any atom is -0.507 e. The SMILES string of the molecule is O=C(NCCc1ccccc1-c1ccccc1)c1cc2ccccc2cc1O. The Balaban J connectivity index is 1.48. The van der Waals surface area contributed by atoms with E-state index in [4.69, 9.17) is 0 Å². The van der Waals surface area contributed by atoms with Crippen LogP contribution in [0.4, 0.5) is 0 Å². The Morgan fingerprint density at radius 1 is 0.786 bits per heavy atom. The summed E-state index contributed by atoms with van der Waals surface area (Å²) in [6.45, 7) is 0.495. The molecule has 0 bridgehead atoms. The highest BCUT2D eigenvalue weighted by atomic mass is 16.3. The second kappa shape index (κ2) is 7.97. The highest BCUT2D eigenvalue weighted by Gasteiger charge is 2.12. The van der Waals surface area contributed by atoms with Gasteiger partial charge in [0.05, 0.1) is 5.56 Å². The van der Waals surface area contributed by atoms with Crippen molar-refractivity contribution < 1.29 is 9.90 Å². The van der Waals surface area contributed by atoms with Crippen LogP contribution in [-0.2, 0) is 6.42 Å². The first-order chi connectivity index (χ1) is 13.7. The summed E-state index contributed by atoms with van der Waals surface area (Å²) in [5.74, 6) is -0.263. The number of benzene rings is 4. The highest BCUT2D eigenvalue weighted by Crippen LogP contribution is 2.25. The zero-order valence-corrected chi connectivity index (χ0v) is 15.4. The molecular formula is C25H21NO2. The van der Waals surface area contributed by atoms with Crippen LogP contribution >= 0.6 is 0 Å². The summed E-state index contributed by atoms with van der Waals surface area (Å²) >= 11 is 0. The summed E-state index contributed by atoms with van der Waals surface area (Å²) < 4.78 is 0. The van der Waals surface area contributed by atoms with Gasteiger partial charge in [-0.25, -0.2) is 0 Å². The van der Waals surface area contributed by atoms with Gasteiger partial charge in [-0.1, -0.05) is 78.9 Å². The van der Waals surface area contributed by atoms with Gasteiger partial charge in [-0.15, -0.1) is 0 Å². The predicted molar refractivity (Wildman–Crippen MR) is 114 cm³/mol. The molecule has 0 atom stereocenters. The molecule has 0 aliphatic heterocycles. The van der Waals surface area contributed by atoms with Gasteiger partial charge in [0.1, 0.15) is 5.75 Å². The molecule has 0 saturated heterocycles. The average Bonchev–Trinajstić information content (AvgIpc) is 2.74. The molecule has 0 saturated carbocycles. The molecule has 138 valence electrons. The Kier molecular flexibility index (Phi) is 5.07. The third-order valence-electron chi connectivity index (χ3n) is 4.89. The molecule has 0 fully saturated rings. The number of aromatic hydroxyl groups is 1. The summed E-state index contributed by atoms with van der Waals surface area (Å²) in [6.07, 6.45) is 0.713. The number of carbonyl (C=O) groups excluding carboxylic acids is 1.